The molecule has 12 nitrogen and oxygen atoms in total. The van der Waals surface area contributed by atoms with Gasteiger partial charge in [-0.2, -0.15) is 0 Å². The molecule has 2 N–H and O–H groups in total. The summed E-state index contributed by atoms with van der Waals surface area (Å²) in [5.74, 6) is -2.46. The fraction of sp³-hybridized carbons (Fsp3) is 0.297. The van der Waals surface area contributed by atoms with Crippen LogP contribution in [0.3, 0.4) is 0 Å². The standard InChI is InChI=1S/C37H38FN7O5/c1-22(2)35(47)42-15-12-24(13-16-42)44-20-31(32-33(39)40-21-41-34(32)44)45(25-8-6-5-7-9-25)36(48)28-11-10-27(19-29(28)38)50-37(49)30-18-26(46)14-17-43(30)23(3)4/h5-11,14,17-24H,12-13,15-16H2,1-4H3,(H2,39,40,41). The molecule has 258 valence electrons. The van der Waals surface area contributed by atoms with Gasteiger partial charge in [0.05, 0.1) is 16.6 Å². The number of amides is 2. The van der Waals surface area contributed by atoms with E-state index in [0.717, 1.165) is 12.1 Å². The lowest BCUT2D eigenvalue weighted by atomic mass is 10.0. The van der Waals surface area contributed by atoms with Crippen molar-refractivity contribution in [2.45, 2.75) is 52.6 Å². The number of rotatable bonds is 8. The zero-order valence-corrected chi connectivity index (χ0v) is 28.2. The molecule has 2 aromatic carbocycles. The number of halogens is 1. The summed E-state index contributed by atoms with van der Waals surface area (Å²) < 4.78 is 24.9. The number of aromatic nitrogens is 4. The van der Waals surface area contributed by atoms with Crippen LogP contribution in [0.1, 0.15) is 73.5 Å². The number of anilines is 3. The van der Waals surface area contributed by atoms with Gasteiger partial charge >= 0.3 is 5.97 Å². The van der Waals surface area contributed by atoms with Gasteiger partial charge in [0.2, 0.25) is 5.91 Å². The summed E-state index contributed by atoms with van der Waals surface area (Å²) >= 11 is 0. The number of esters is 1. The minimum atomic E-state index is -0.925. The Morgan fingerprint density at radius 3 is 2.36 bits per heavy atom. The molecule has 50 heavy (non-hydrogen) atoms. The van der Waals surface area contributed by atoms with Crippen LogP contribution in [0.4, 0.5) is 21.6 Å². The third kappa shape index (κ3) is 6.58. The third-order valence-electron chi connectivity index (χ3n) is 8.84. The number of hydrogen-bond donors (Lipinski definition) is 1. The molecular weight excluding hydrogens is 641 g/mol. The van der Waals surface area contributed by atoms with Gasteiger partial charge in [0.1, 0.15) is 35.1 Å². The topological polar surface area (TPSA) is 146 Å². The zero-order chi connectivity index (χ0) is 35.7. The number of piperidine rings is 1. The number of fused-ring (bicyclic) bond motifs is 1. The van der Waals surface area contributed by atoms with Crippen LogP contribution >= 0.6 is 0 Å². The second-order valence-corrected chi connectivity index (χ2v) is 12.8. The quantitative estimate of drug-likeness (QED) is 0.157. The lowest BCUT2D eigenvalue weighted by molar-refractivity contribution is -0.135. The minimum absolute atomic E-state index is 0.0108. The van der Waals surface area contributed by atoms with Crippen molar-refractivity contribution >= 4 is 46.0 Å². The molecule has 1 saturated heterocycles. The SMILES string of the molecule is CC(C)C(=O)N1CCC(n2cc(N(C(=O)c3ccc(OC(=O)c4cc(=O)ccn4C(C)C)cc3F)c3ccccc3)c3c(N)ncnc32)CC1. The van der Waals surface area contributed by atoms with Crippen LogP contribution in [0.15, 0.2) is 84.2 Å². The molecular formula is C37H38FN7O5. The van der Waals surface area contributed by atoms with Crippen molar-refractivity contribution in [3.8, 4) is 5.75 Å². The Bertz CT molecular complexity index is 2140. The van der Waals surface area contributed by atoms with Crippen molar-refractivity contribution in [2.75, 3.05) is 23.7 Å². The first-order valence-corrected chi connectivity index (χ1v) is 16.5. The Morgan fingerprint density at radius 1 is 0.980 bits per heavy atom. The summed E-state index contributed by atoms with van der Waals surface area (Å²) in [5.41, 5.74) is 7.10. The molecule has 0 aliphatic carbocycles. The van der Waals surface area contributed by atoms with Crippen LogP contribution in [0.25, 0.3) is 11.0 Å². The molecule has 5 aromatic rings. The van der Waals surface area contributed by atoms with Crippen LogP contribution in [-0.4, -0.2) is 54.9 Å². The van der Waals surface area contributed by atoms with E-state index in [9.17, 15) is 19.2 Å². The second-order valence-electron chi connectivity index (χ2n) is 12.8. The second kappa shape index (κ2) is 13.9. The summed E-state index contributed by atoms with van der Waals surface area (Å²) in [6, 6.07) is 14.6. The highest BCUT2D eigenvalue weighted by molar-refractivity contribution is 6.16. The molecule has 2 amide bonds. The van der Waals surface area contributed by atoms with Gasteiger partial charge < -0.3 is 24.5 Å². The number of hydrogen-bond acceptors (Lipinski definition) is 8. The van der Waals surface area contributed by atoms with Crippen molar-refractivity contribution in [3.05, 3.63) is 107 Å². The van der Waals surface area contributed by atoms with Gasteiger partial charge in [-0.25, -0.2) is 19.2 Å². The van der Waals surface area contributed by atoms with Gasteiger partial charge in [-0.1, -0.05) is 32.0 Å². The summed E-state index contributed by atoms with van der Waals surface area (Å²) in [5, 5.41) is 0.426. The Hall–Kier alpha value is -5.85. The molecule has 0 spiro atoms. The molecule has 0 bridgehead atoms. The number of nitrogen functional groups attached to an aromatic ring is 1. The van der Waals surface area contributed by atoms with Crippen molar-refractivity contribution in [1.29, 1.82) is 0 Å². The molecule has 0 unspecified atom stereocenters. The van der Waals surface area contributed by atoms with Crippen LogP contribution < -0.4 is 20.8 Å². The van der Waals surface area contributed by atoms with Gasteiger partial charge in [-0.3, -0.25) is 19.3 Å². The maximum atomic E-state index is 15.9. The van der Waals surface area contributed by atoms with Gasteiger partial charge in [0.15, 0.2) is 5.43 Å². The van der Waals surface area contributed by atoms with Crippen LogP contribution in [0.2, 0.25) is 0 Å². The van der Waals surface area contributed by atoms with E-state index in [1.165, 1.54) is 35.6 Å². The number of carbonyl (C=O) groups is 3. The first kappa shape index (κ1) is 34.0. The molecule has 3 aromatic heterocycles. The third-order valence-corrected chi connectivity index (χ3v) is 8.84. The van der Waals surface area contributed by atoms with Gasteiger partial charge in [-0.05, 0) is 51.0 Å². The van der Waals surface area contributed by atoms with E-state index in [4.69, 9.17) is 10.5 Å². The molecule has 0 atom stereocenters. The maximum Gasteiger partial charge on any atom is 0.360 e. The van der Waals surface area contributed by atoms with Crippen molar-refractivity contribution < 1.29 is 23.5 Å². The normalized spacial score (nSPS) is 13.6. The Morgan fingerprint density at radius 2 is 1.70 bits per heavy atom. The summed E-state index contributed by atoms with van der Waals surface area (Å²) in [6.45, 7) is 8.59. The van der Waals surface area contributed by atoms with Crippen LogP contribution in [0.5, 0.6) is 5.75 Å². The van der Waals surface area contributed by atoms with E-state index in [0.29, 0.717) is 48.3 Å². The molecule has 1 fully saturated rings. The predicted octanol–water partition coefficient (Wildman–Crippen LogP) is 5.91. The average molecular weight is 680 g/mol. The Kier molecular flexibility index (Phi) is 9.49. The van der Waals surface area contributed by atoms with E-state index in [-0.39, 0.29) is 52.2 Å². The highest BCUT2D eigenvalue weighted by Gasteiger charge is 2.31. The molecule has 0 radical (unpaired) electrons. The molecule has 13 heteroatoms. The number of ether oxygens (including phenoxy) is 1. The highest BCUT2D eigenvalue weighted by atomic mass is 19.1. The van der Waals surface area contributed by atoms with E-state index >= 15 is 4.39 Å². The summed E-state index contributed by atoms with van der Waals surface area (Å²) in [6.07, 6.45) is 5.97. The Labute approximate surface area is 287 Å². The van der Waals surface area contributed by atoms with Crippen LogP contribution in [0, 0.1) is 11.7 Å². The first-order valence-electron chi connectivity index (χ1n) is 16.5. The lowest BCUT2D eigenvalue weighted by Gasteiger charge is -2.34. The minimum Gasteiger partial charge on any atom is -0.422 e. The number of likely N-dealkylation sites (tertiary alicyclic amines) is 1. The predicted molar refractivity (Wildman–Crippen MR) is 187 cm³/mol. The van der Waals surface area contributed by atoms with E-state index in [1.807, 2.05) is 37.2 Å². The largest absolute Gasteiger partial charge is 0.422 e. The number of para-hydroxylation sites is 1. The molecule has 4 heterocycles. The number of carbonyl (C=O) groups excluding carboxylic acids is 3. The number of nitrogens with zero attached hydrogens (tertiary/aromatic N) is 6. The van der Waals surface area contributed by atoms with Crippen LogP contribution in [-0.2, 0) is 4.79 Å². The first-order chi connectivity index (χ1) is 23.9. The molecule has 6 rings (SSSR count). The monoisotopic (exact) mass is 679 g/mol. The lowest BCUT2D eigenvalue weighted by Crippen LogP contribution is -2.41. The van der Waals surface area contributed by atoms with Gasteiger partial charge in [0.25, 0.3) is 5.91 Å². The van der Waals surface area contributed by atoms with E-state index in [1.54, 1.807) is 41.1 Å². The highest BCUT2D eigenvalue weighted by Crippen LogP contribution is 2.40. The smallest absolute Gasteiger partial charge is 0.360 e. The van der Waals surface area contributed by atoms with Crippen molar-refractivity contribution in [1.82, 2.24) is 24.0 Å². The molecule has 1 aliphatic heterocycles. The van der Waals surface area contributed by atoms with Gasteiger partial charge in [0, 0.05) is 67.4 Å². The van der Waals surface area contributed by atoms with Gasteiger partial charge in [-0.15, -0.1) is 0 Å². The summed E-state index contributed by atoms with van der Waals surface area (Å²) in [7, 11) is 0. The van der Waals surface area contributed by atoms with E-state index < -0.39 is 17.7 Å². The zero-order valence-electron chi connectivity index (χ0n) is 28.2. The fourth-order valence-corrected chi connectivity index (χ4v) is 6.33. The average Bonchev–Trinajstić information content (AvgIpc) is 3.48. The summed E-state index contributed by atoms with van der Waals surface area (Å²) in [4.78, 5) is 64.1. The molecule has 1 aliphatic rings. The Balaban J connectivity index is 1.36. The molecule has 0 saturated carbocycles. The maximum absolute atomic E-state index is 15.9. The number of nitrogens with two attached hydrogens (primary N) is 1. The van der Waals surface area contributed by atoms with Crippen molar-refractivity contribution in [2.24, 2.45) is 5.92 Å². The van der Waals surface area contributed by atoms with Crippen molar-refractivity contribution in [3.63, 3.8) is 0 Å². The van der Waals surface area contributed by atoms with E-state index in [2.05, 4.69) is 9.97 Å². The number of benzene rings is 2. The fourth-order valence-electron chi connectivity index (χ4n) is 6.33. The number of pyridine rings is 1.